The van der Waals surface area contributed by atoms with Gasteiger partial charge in [0.15, 0.2) is 0 Å². The average molecular weight is 201 g/mol. The number of rotatable bonds is 1. The Labute approximate surface area is 80.5 Å². The van der Waals surface area contributed by atoms with Gasteiger partial charge in [0, 0.05) is 15.6 Å². The Kier molecular flexibility index (Phi) is 2.93. The molecule has 1 rings (SSSR count). The minimum absolute atomic E-state index is 0.427. The van der Waals surface area contributed by atoms with Crippen molar-refractivity contribution < 1.29 is 0 Å². The van der Waals surface area contributed by atoms with Gasteiger partial charge in [-0.1, -0.05) is 29.3 Å². The first-order valence-corrected chi connectivity index (χ1v) is 4.01. The van der Waals surface area contributed by atoms with Crippen molar-refractivity contribution in [2.75, 3.05) is 0 Å². The molecule has 0 aliphatic rings. The minimum Gasteiger partial charge on any atom is -0.312 e. The molecule has 0 fully saturated rings. The van der Waals surface area contributed by atoms with Crippen molar-refractivity contribution in [3.05, 3.63) is 33.8 Å². The fourth-order valence-electron chi connectivity index (χ4n) is 0.823. The van der Waals surface area contributed by atoms with Crippen LogP contribution in [0, 0.1) is 11.3 Å². The van der Waals surface area contributed by atoms with Crippen molar-refractivity contribution in [2.24, 2.45) is 5.73 Å². The van der Waals surface area contributed by atoms with E-state index < -0.39 is 6.04 Å². The smallest absolute Gasteiger partial charge is 0.120 e. The van der Waals surface area contributed by atoms with Crippen LogP contribution < -0.4 is 5.73 Å². The lowest BCUT2D eigenvalue weighted by Gasteiger charge is -2.05. The lowest BCUT2D eigenvalue weighted by atomic mass is 10.1. The zero-order valence-corrected chi connectivity index (χ0v) is 7.60. The monoisotopic (exact) mass is 200 g/mol. The Hall–Kier alpha value is -0.750. The Bertz CT molecular complexity index is 330. The van der Waals surface area contributed by atoms with Gasteiger partial charge < -0.3 is 5.73 Å². The fourth-order valence-corrected chi connectivity index (χ4v) is 1.35. The van der Waals surface area contributed by atoms with Crippen LogP contribution in [0.2, 0.25) is 10.0 Å². The highest BCUT2D eigenvalue weighted by molar-refractivity contribution is 6.35. The number of halogens is 2. The summed E-state index contributed by atoms with van der Waals surface area (Å²) in [5.41, 5.74) is 6.06. The normalized spacial score (nSPS) is 12.2. The van der Waals surface area contributed by atoms with E-state index in [9.17, 15) is 0 Å². The van der Waals surface area contributed by atoms with E-state index in [2.05, 4.69) is 0 Å². The number of hydrogen-bond acceptors (Lipinski definition) is 2. The average Bonchev–Trinajstić information content (AvgIpc) is 2.03. The predicted molar refractivity (Wildman–Crippen MR) is 49.0 cm³/mol. The Morgan fingerprint density at radius 3 is 2.58 bits per heavy atom. The van der Waals surface area contributed by atoms with Crippen LogP contribution in [0.4, 0.5) is 0 Å². The fraction of sp³-hybridized carbons (Fsp3) is 0.125. The largest absolute Gasteiger partial charge is 0.312 e. The van der Waals surface area contributed by atoms with Crippen LogP contribution in [0.15, 0.2) is 18.2 Å². The number of nitrogens with zero attached hydrogens (tertiary/aromatic N) is 1. The van der Waals surface area contributed by atoms with Crippen molar-refractivity contribution in [3.63, 3.8) is 0 Å². The molecule has 1 aromatic carbocycles. The molecule has 0 saturated carbocycles. The first kappa shape index (κ1) is 9.34. The lowest BCUT2D eigenvalue weighted by Crippen LogP contribution is -2.07. The van der Waals surface area contributed by atoms with Crippen LogP contribution in [-0.2, 0) is 0 Å². The molecular weight excluding hydrogens is 195 g/mol. The van der Waals surface area contributed by atoms with E-state index in [1.807, 2.05) is 6.07 Å². The summed E-state index contributed by atoms with van der Waals surface area (Å²) in [6, 6.07) is 6.08. The molecule has 1 aromatic rings. The second kappa shape index (κ2) is 3.77. The van der Waals surface area contributed by atoms with E-state index >= 15 is 0 Å². The molecule has 0 aromatic heterocycles. The molecule has 0 amide bonds. The van der Waals surface area contributed by atoms with Crippen LogP contribution in [-0.4, -0.2) is 0 Å². The van der Waals surface area contributed by atoms with Crippen molar-refractivity contribution in [1.29, 1.82) is 5.26 Å². The highest BCUT2D eigenvalue weighted by atomic mass is 35.5. The van der Waals surface area contributed by atoms with Gasteiger partial charge in [-0.15, -0.1) is 0 Å². The molecule has 0 saturated heterocycles. The lowest BCUT2D eigenvalue weighted by molar-refractivity contribution is 0.926. The van der Waals surface area contributed by atoms with Crippen LogP contribution in [0.3, 0.4) is 0 Å². The predicted octanol–water partition coefficient (Wildman–Crippen LogP) is 2.52. The third-order valence-electron chi connectivity index (χ3n) is 1.44. The SMILES string of the molecule is N#CC(N)c1ccc(Cl)cc1Cl. The Morgan fingerprint density at radius 2 is 2.08 bits per heavy atom. The maximum absolute atomic E-state index is 8.52. The summed E-state index contributed by atoms with van der Waals surface area (Å²) >= 11 is 11.4. The molecule has 1 atom stereocenters. The first-order valence-electron chi connectivity index (χ1n) is 3.25. The van der Waals surface area contributed by atoms with Gasteiger partial charge in [-0.2, -0.15) is 5.26 Å². The quantitative estimate of drug-likeness (QED) is 0.758. The molecule has 1 unspecified atom stereocenters. The maximum atomic E-state index is 8.52. The van der Waals surface area contributed by atoms with Gasteiger partial charge in [0.2, 0.25) is 0 Å². The summed E-state index contributed by atoms with van der Waals surface area (Å²) in [5.74, 6) is 0. The summed E-state index contributed by atoms with van der Waals surface area (Å²) in [7, 11) is 0. The highest BCUT2D eigenvalue weighted by Gasteiger charge is 2.08. The molecule has 0 bridgehead atoms. The molecule has 0 spiro atoms. The third kappa shape index (κ3) is 1.89. The van der Waals surface area contributed by atoms with Gasteiger partial charge in [-0.3, -0.25) is 0 Å². The second-order valence-electron chi connectivity index (χ2n) is 2.27. The van der Waals surface area contributed by atoms with Crippen molar-refractivity contribution in [2.45, 2.75) is 6.04 Å². The first-order chi connectivity index (χ1) is 5.65. The second-order valence-corrected chi connectivity index (χ2v) is 3.12. The van der Waals surface area contributed by atoms with E-state index in [-0.39, 0.29) is 0 Å². The van der Waals surface area contributed by atoms with Crippen LogP contribution in [0.25, 0.3) is 0 Å². The number of benzene rings is 1. The van der Waals surface area contributed by atoms with E-state index in [0.717, 1.165) is 0 Å². The van der Waals surface area contributed by atoms with Crippen LogP contribution in [0.1, 0.15) is 11.6 Å². The van der Waals surface area contributed by atoms with Gasteiger partial charge in [0.05, 0.1) is 6.07 Å². The topological polar surface area (TPSA) is 49.8 Å². The molecule has 0 heterocycles. The number of hydrogen-bond donors (Lipinski definition) is 1. The van der Waals surface area contributed by atoms with Crippen molar-refractivity contribution >= 4 is 23.2 Å². The van der Waals surface area contributed by atoms with Gasteiger partial charge >= 0.3 is 0 Å². The van der Waals surface area contributed by atoms with Crippen molar-refractivity contribution in [3.8, 4) is 6.07 Å². The summed E-state index contributed by atoms with van der Waals surface area (Å²) in [6.07, 6.45) is 0. The highest BCUT2D eigenvalue weighted by Crippen LogP contribution is 2.24. The molecule has 0 aliphatic heterocycles. The molecule has 4 heteroatoms. The molecule has 2 N–H and O–H groups in total. The summed E-state index contributed by atoms with van der Waals surface area (Å²) in [5, 5.41) is 9.48. The molecular formula is C8H6Cl2N2. The van der Waals surface area contributed by atoms with Gasteiger partial charge in [-0.25, -0.2) is 0 Å². The molecule has 62 valence electrons. The zero-order chi connectivity index (χ0) is 9.14. The summed E-state index contributed by atoms with van der Waals surface area (Å²) in [4.78, 5) is 0. The Morgan fingerprint density at radius 1 is 1.42 bits per heavy atom. The van der Waals surface area contributed by atoms with Crippen LogP contribution >= 0.6 is 23.2 Å². The Balaban J connectivity index is 3.11. The van der Waals surface area contributed by atoms with Crippen molar-refractivity contribution in [1.82, 2.24) is 0 Å². The molecule has 2 nitrogen and oxygen atoms in total. The number of nitrogens with two attached hydrogens (primary N) is 1. The van der Waals surface area contributed by atoms with Gasteiger partial charge in [0.1, 0.15) is 6.04 Å². The van der Waals surface area contributed by atoms with Gasteiger partial charge in [-0.05, 0) is 12.1 Å². The molecule has 0 aliphatic carbocycles. The molecule has 0 radical (unpaired) electrons. The summed E-state index contributed by atoms with van der Waals surface area (Å²) < 4.78 is 0. The summed E-state index contributed by atoms with van der Waals surface area (Å²) in [6.45, 7) is 0. The maximum Gasteiger partial charge on any atom is 0.120 e. The van der Waals surface area contributed by atoms with E-state index in [1.165, 1.54) is 0 Å². The number of nitriles is 1. The standard InChI is InChI=1S/C8H6Cl2N2/c9-5-1-2-6(7(10)3-5)8(12)4-11/h1-3,8H,12H2. The van der Waals surface area contributed by atoms with E-state index in [0.29, 0.717) is 15.6 Å². The minimum atomic E-state index is -0.685. The van der Waals surface area contributed by atoms with E-state index in [4.69, 9.17) is 34.2 Å². The van der Waals surface area contributed by atoms with Crippen LogP contribution in [0.5, 0.6) is 0 Å². The third-order valence-corrected chi connectivity index (χ3v) is 2.00. The van der Waals surface area contributed by atoms with Gasteiger partial charge in [0.25, 0.3) is 0 Å². The zero-order valence-electron chi connectivity index (χ0n) is 6.09. The van der Waals surface area contributed by atoms with E-state index in [1.54, 1.807) is 18.2 Å². The molecule has 12 heavy (non-hydrogen) atoms.